The van der Waals surface area contributed by atoms with Crippen LogP contribution < -0.4 is 5.32 Å². The molecule has 0 aromatic rings. The monoisotopic (exact) mass is 317 g/mol. The summed E-state index contributed by atoms with van der Waals surface area (Å²) in [5, 5.41) is 12.6. The molecule has 0 aromatic carbocycles. The van der Waals surface area contributed by atoms with Crippen LogP contribution in [0, 0.1) is 5.92 Å². The van der Waals surface area contributed by atoms with Gasteiger partial charge in [-0.05, 0) is 36.8 Å². The van der Waals surface area contributed by atoms with Gasteiger partial charge in [-0.3, -0.25) is 0 Å². The maximum atomic E-state index is 12.3. The first-order valence-corrected chi connectivity index (χ1v) is 7.62. The van der Waals surface area contributed by atoms with Crippen LogP contribution in [-0.2, 0) is 4.74 Å². The Morgan fingerprint density at radius 2 is 2.14 bits per heavy atom. The fourth-order valence-electron chi connectivity index (χ4n) is 2.92. The molecule has 0 saturated heterocycles. The van der Waals surface area contributed by atoms with Gasteiger partial charge in [-0.2, -0.15) is 0 Å². The van der Waals surface area contributed by atoms with Crippen molar-refractivity contribution < 1.29 is 23.0 Å². The molecule has 0 heterocycles. The minimum absolute atomic E-state index is 0.0915. The van der Waals surface area contributed by atoms with Gasteiger partial charge in [-0.1, -0.05) is 24.6 Å². The predicted octanol–water partition coefficient (Wildman–Crippen LogP) is 3.43. The van der Waals surface area contributed by atoms with Crippen LogP contribution in [0.15, 0.2) is 35.6 Å². The lowest BCUT2D eigenvalue weighted by atomic mass is 9.86. The SMILES string of the molecule is OCC1CCCC(NCC2=CC=CCC(OC(F)(F)F)=C2)C1. The number of allylic oxidation sites excluding steroid dienone is 3. The molecule has 0 aromatic heterocycles. The molecular weight excluding hydrogens is 295 g/mol. The lowest BCUT2D eigenvalue weighted by molar-refractivity contribution is -0.306. The summed E-state index contributed by atoms with van der Waals surface area (Å²) >= 11 is 0. The first-order valence-electron chi connectivity index (χ1n) is 7.62. The van der Waals surface area contributed by atoms with Crippen LogP contribution in [0.5, 0.6) is 0 Å². The fourth-order valence-corrected chi connectivity index (χ4v) is 2.92. The van der Waals surface area contributed by atoms with E-state index < -0.39 is 6.36 Å². The number of rotatable bonds is 5. The van der Waals surface area contributed by atoms with Crippen molar-refractivity contribution in [1.29, 1.82) is 0 Å². The van der Waals surface area contributed by atoms with Crippen molar-refractivity contribution >= 4 is 0 Å². The predicted molar refractivity (Wildman–Crippen MR) is 77.9 cm³/mol. The van der Waals surface area contributed by atoms with Crippen molar-refractivity contribution in [2.75, 3.05) is 13.2 Å². The van der Waals surface area contributed by atoms with Gasteiger partial charge in [0.05, 0.1) is 0 Å². The van der Waals surface area contributed by atoms with E-state index in [1.54, 1.807) is 18.2 Å². The summed E-state index contributed by atoms with van der Waals surface area (Å²) in [6.45, 7) is 0.699. The van der Waals surface area contributed by atoms with E-state index in [-0.39, 0.29) is 18.8 Å². The van der Waals surface area contributed by atoms with E-state index in [0.29, 0.717) is 18.5 Å². The van der Waals surface area contributed by atoms with Gasteiger partial charge in [0, 0.05) is 25.6 Å². The second-order valence-electron chi connectivity index (χ2n) is 5.83. The van der Waals surface area contributed by atoms with Gasteiger partial charge in [-0.25, -0.2) is 0 Å². The van der Waals surface area contributed by atoms with Crippen LogP contribution in [0.2, 0.25) is 0 Å². The molecule has 2 rings (SSSR count). The highest BCUT2D eigenvalue weighted by molar-refractivity contribution is 5.31. The lowest BCUT2D eigenvalue weighted by Crippen LogP contribution is -2.36. The number of hydrogen-bond acceptors (Lipinski definition) is 3. The molecule has 124 valence electrons. The van der Waals surface area contributed by atoms with Crippen LogP contribution in [0.1, 0.15) is 32.1 Å². The maximum absolute atomic E-state index is 12.3. The fraction of sp³-hybridized carbons (Fsp3) is 0.625. The Kier molecular flexibility index (Phi) is 6.08. The van der Waals surface area contributed by atoms with Crippen molar-refractivity contribution in [2.45, 2.75) is 44.5 Å². The third-order valence-electron chi connectivity index (χ3n) is 3.99. The molecule has 0 aliphatic heterocycles. The van der Waals surface area contributed by atoms with Crippen molar-refractivity contribution in [1.82, 2.24) is 5.32 Å². The van der Waals surface area contributed by atoms with E-state index in [1.165, 1.54) is 6.08 Å². The third-order valence-corrected chi connectivity index (χ3v) is 3.99. The molecular formula is C16H22F3NO2. The number of hydrogen-bond donors (Lipinski definition) is 2. The van der Waals surface area contributed by atoms with Crippen LogP contribution in [-0.4, -0.2) is 30.7 Å². The topological polar surface area (TPSA) is 41.5 Å². The average Bonchev–Trinajstić information content (AvgIpc) is 2.68. The summed E-state index contributed by atoms with van der Waals surface area (Å²) in [5.41, 5.74) is 0.763. The summed E-state index contributed by atoms with van der Waals surface area (Å²) in [4.78, 5) is 0. The largest absolute Gasteiger partial charge is 0.572 e. The molecule has 0 amide bonds. The zero-order chi connectivity index (χ0) is 16.0. The Labute approximate surface area is 128 Å². The summed E-state index contributed by atoms with van der Waals surface area (Å²) in [6.07, 6.45) is 6.19. The molecule has 1 fully saturated rings. The summed E-state index contributed by atoms with van der Waals surface area (Å²) < 4.78 is 41.0. The van der Waals surface area contributed by atoms with Crippen molar-refractivity contribution in [3.8, 4) is 0 Å². The first-order chi connectivity index (χ1) is 10.5. The van der Waals surface area contributed by atoms with E-state index >= 15 is 0 Å². The second kappa shape index (κ2) is 7.83. The van der Waals surface area contributed by atoms with Gasteiger partial charge in [0.2, 0.25) is 0 Å². The van der Waals surface area contributed by atoms with E-state index in [4.69, 9.17) is 0 Å². The van der Waals surface area contributed by atoms with E-state index in [1.807, 2.05) is 0 Å². The molecule has 6 heteroatoms. The molecule has 2 unspecified atom stereocenters. The minimum Gasteiger partial charge on any atom is -0.410 e. The zero-order valence-electron chi connectivity index (χ0n) is 12.4. The van der Waals surface area contributed by atoms with Crippen molar-refractivity contribution in [2.24, 2.45) is 5.92 Å². The lowest BCUT2D eigenvalue weighted by Gasteiger charge is -2.28. The number of nitrogens with one attached hydrogen (secondary N) is 1. The van der Waals surface area contributed by atoms with Gasteiger partial charge < -0.3 is 15.2 Å². The molecule has 0 spiro atoms. The van der Waals surface area contributed by atoms with Gasteiger partial charge in [0.1, 0.15) is 5.76 Å². The second-order valence-corrected chi connectivity index (χ2v) is 5.83. The van der Waals surface area contributed by atoms with Crippen LogP contribution >= 0.6 is 0 Å². The van der Waals surface area contributed by atoms with Gasteiger partial charge in [0.15, 0.2) is 0 Å². The molecule has 2 aliphatic rings. The number of alkyl halides is 3. The molecule has 2 aliphatic carbocycles. The van der Waals surface area contributed by atoms with Gasteiger partial charge in [0.25, 0.3) is 0 Å². The molecule has 22 heavy (non-hydrogen) atoms. The standard InChI is InChI=1S/C16H22F3NO2/c17-16(18,19)22-15-7-2-1-4-12(9-15)10-20-14-6-3-5-13(8-14)11-21/h1-2,4,9,13-14,20-21H,3,5-8,10-11H2. The molecule has 2 N–H and O–H groups in total. The van der Waals surface area contributed by atoms with E-state index in [0.717, 1.165) is 31.3 Å². The number of aliphatic hydroxyl groups is 1. The maximum Gasteiger partial charge on any atom is 0.572 e. The Morgan fingerprint density at radius 1 is 1.32 bits per heavy atom. The van der Waals surface area contributed by atoms with Crippen molar-refractivity contribution in [3.63, 3.8) is 0 Å². The molecule has 3 nitrogen and oxygen atoms in total. The van der Waals surface area contributed by atoms with Crippen LogP contribution in [0.3, 0.4) is 0 Å². The number of halogens is 3. The quantitative estimate of drug-likeness (QED) is 0.816. The zero-order valence-corrected chi connectivity index (χ0v) is 12.4. The van der Waals surface area contributed by atoms with Gasteiger partial charge >= 0.3 is 6.36 Å². The van der Waals surface area contributed by atoms with Gasteiger partial charge in [-0.15, -0.1) is 13.2 Å². The average molecular weight is 317 g/mol. The highest BCUT2D eigenvalue weighted by Gasteiger charge is 2.32. The smallest absolute Gasteiger partial charge is 0.410 e. The Hall–Kier alpha value is -1.27. The first kappa shape index (κ1) is 17.1. The Bertz CT molecular complexity index is 455. The Morgan fingerprint density at radius 3 is 2.86 bits per heavy atom. The molecule has 1 saturated carbocycles. The summed E-state index contributed by atoms with van der Waals surface area (Å²) in [5.74, 6) is 0.236. The molecule has 0 bridgehead atoms. The highest BCUT2D eigenvalue weighted by atomic mass is 19.4. The molecule has 0 radical (unpaired) electrons. The number of ether oxygens (including phenoxy) is 1. The Balaban J connectivity index is 1.89. The number of aliphatic hydroxyl groups excluding tert-OH is 1. The van der Waals surface area contributed by atoms with Crippen LogP contribution in [0.25, 0.3) is 0 Å². The van der Waals surface area contributed by atoms with Crippen molar-refractivity contribution in [3.05, 3.63) is 35.6 Å². The highest BCUT2D eigenvalue weighted by Crippen LogP contribution is 2.26. The minimum atomic E-state index is -4.65. The van der Waals surface area contributed by atoms with E-state index in [9.17, 15) is 18.3 Å². The third kappa shape index (κ3) is 5.85. The van der Waals surface area contributed by atoms with E-state index in [2.05, 4.69) is 10.1 Å². The summed E-state index contributed by atoms with van der Waals surface area (Å²) in [6, 6.07) is 0.305. The molecule has 2 atom stereocenters. The van der Waals surface area contributed by atoms with Crippen LogP contribution in [0.4, 0.5) is 13.2 Å². The normalized spacial score (nSPS) is 26.2. The summed E-state index contributed by atoms with van der Waals surface area (Å²) in [7, 11) is 0.